The summed E-state index contributed by atoms with van der Waals surface area (Å²) in [5, 5.41) is 28.2. The predicted octanol–water partition coefficient (Wildman–Crippen LogP) is 1.89. The Bertz CT molecular complexity index is 1240. The van der Waals surface area contributed by atoms with Gasteiger partial charge in [0.15, 0.2) is 6.04 Å². The zero-order valence-electron chi connectivity index (χ0n) is 29.4. The molecule has 3 aliphatic rings. The Morgan fingerprint density at radius 2 is 1.91 bits per heavy atom. The number of rotatable bonds is 11. The molecule has 6 N–H and O–H groups in total. The maximum absolute atomic E-state index is 12.6. The van der Waals surface area contributed by atoms with Crippen LogP contribution >= 0.6 is 0 Å². The molecule has 0 aromatic heterocycles. The van der Waals surface area contributed by atoms with Crippen molar-refractivity contribution < 1.29 is 28.8 Å². The van der Waals surface area contributed by atoms with Gasteiger partial charge in [-0.05, 0) is 62.1 Å². The molecular weight excluding hydrogens is 584 g/mol. The Morgan fingerprint density at radius 1 is 1.24 bits per heavy atom. The van der Waals surface area contributed by atoms with E-state index in [9.17, 15) is 15.0 Å². The molecule has 3 aliphatic heterocycles. The second kappa shape index (κ2) is 14.6. The van der Waals surface area contributed by atoms with Crippen molar-refractivity contribution in [1.82, 2.24) is 20.0 Å². The highest BCUT2D eigenvalue weighted by Crippen LogP contribution is 2.38. The van der Waals surface area contributed by atoms with Crippen LogP contribution in [0.5, 0.6) is 0 Å². The molecule has 12 heteroatoms. The normalized spacial score (nSPS) is 32.4. The third-order valence-corrected chi connectivity index (χ3v) is 9.87. The first-order chi connectivity index (χ1) is 21.6. The first kappa shape index (κ1) is 36.1. The highest BCUT2D eigenvalue weighted by molar-refractivity contribution is 5.89. The molecule has 4 rings (SSSR count). The van der Waals surface area contributed by atoms with Gasteiger partial charge in [-0.3, -0.25) is 5.73 Å². The van der Waals surface area contributed by atoms with Crippen LogP contribution in [0.15, 0.2) is 36.5 Å². The van der Waals surface area contributed by atoms with Crippen molar-refractivity contribution in [2.75, 3.05) is 52.8 Å². The van der Waals surface area contributed by atoms with Crippen LogP contribution in [0.4, 0.5) is 10.5 Å². The van der Waals surface area contributed by atoms with Crippen LogP contribution in [-0.4, -0.2) is 143 Å². The standard InChI is InChI=1S/C34H59N8O4/c1-10-20-42(9)22-41(31-27(42)30(35)39(8)21-40(31)11-2)32-29(44)28(43)26(46-32)17-19-38(7)18-16-23(3)36-33(45)37-25-14-12-24(13-15-25)34(4,5)6/h12-15,17,19,21,23,26-32,43-44H,10-11,16,18,20,22,35H2,1-9H3,(H-,36,37,45)/q+1/p+1. The van der Waals surface area contributed by atoms with Crippen molar-refractivity contribution in [3.05, 3.63) is 42.1 Å². The molecule has 46 heavy (non-hydrogen) atoms. The number of hydrogen-bond donors (Lipinski definition) is 5. The Kier molecular flexibility index (Phi) is 11.4. The number of nitrogens with one attached hydrogen (secondary N) is 2. The third kappa shape index (κ3) is 7.86. The average molecular weight is 645 g/mol. The van der Waals surface area contributed by atoms with Gasteiger partial charge in [0.1, 0.15) is 31.2 Å². The van der Waals surface area contributed by atoms with Crippen LogP contribution in [0.25, 0.3) is 0 Å². The number of carbonyl (C=O) groups excluding carboxylic acids is 1. The van der Waals surface area contributed by atoms with Crippen LogP contribution in [0.2, 0.25) is 0 Å². The number of carbonyl (C=O) groups is 1. The summed E-state index contributed by atoms with van der Waals surface area (Å²) < 4.78 is 9.41. The number of benzene rings is 1. The van der Waals surface area contributed by atoms with Crippen LogP contribution in [-0.2, 0) is 10.2 Å². The van der Waals surface area contributed by atoms with E-state index in [0.717, 1.165) is 36.1 Å². The van der Waals surface area contributed by atoms with Gasteiger partial charge in [0.2, 0.25) is 18.7 Å². The van der Waals surface area contributed by atoms with Gasteiger partial charge < -0.3 is 35.0 Å². The Morgan fingerprint density at radius 3 is 2.52 bits per heavy atom. The number of nitrogens with zero attached hydrogens (tertiary/aromatic N) is 5. The predicted molar refractivity (Wildman–Crippen MR) is 182 cm³/mol. The van der Waals surface area contributed by atoms with Gasteiger partial charge in [0.05, 0.1) is 27.2 Å². The fourth-order valence-electron chi connectivity index (χ4n) is 7.19. The molecule has 1 aromatic rings. The number of ether oxygens (including phenoxy) is 1. The highest BCUT2D eigenvalue weighted by atomic mass is 16.6. The van der Waals surface area contributed by atoms with Crippen molar-refractivity contribution in [2.45, 2.75) is 109 Å². The summed E-state index contributed by atoms with van der Waals surface area (Å²) in [6.45, 7) is 15.9. The lowest BCUT2D eigenvalue weighted by molar-refractivity contribution is -0.933. The Hall–Kier alpha value is -2.74. The van der Waals surface area contributed by atoms with Crippen molar-refractivity contribution in [2.24, 2.45) is 5.73 Å². The molecule has 3 heterocycles. The lowest BCUT2D eigenvalue weighted by atomic mass is 9.87. The van der Waals surface area contributed by atoms with Gasteiger partial charge in [-0.1, -0.05) is 39.8 Å². The molecule has 2 fully saturated rings. The average Bonchev–Trinajstić information content (AvgIpc) is 3.45. The number of likely N-dealkylation sites (N-methyl/N-ethyl adjacent to an activating group) is 3. The van der Waals surface area contributed by atoms with E-state index in [1.807, 2.05) is 62.5 Å². The fraction of sp³-hybridized carbons (Fsp3) is 0.706. The first-order valence-electron chi connectivity index (χ1n) is 16.9. The van der Waals surface area contributed by atoms with Crippen LogP contribution < -0.4 is 16.4 Å². The summed E-state index contributed by atoms with van der Waals surface area (Å²) in [6, 6.07) is 7.74. The molecule has 0 saturated carbocycles. The summed E-state index contributed by atoms with van der Waals surface area (Å²) in [5.74, 6) is 0. The minimum absolute atomic E-state index is 0.0536. The van der Waals surface area contributed by atoms with Gasteiger partial charge in [-0.25, -0.2) is 14.3 Å². The SMILES string of the molecule is CCC[N+]1(C)CN(C2OC(C=CN(C)CCC(C)NC(=O)Nc3ccc(C(C)(C)C)cc3)C(O)C2O)C2C1C(N)N(C)C=[N+]2CC. The number of aliphatic hydroxyl groups excluding tert-OH is 2. The van der Waals surface area contributed by atoms with E-state index in [-0.39, 0.29) is 35.9 Å². The first-order valence-corrected chi connectivity index (χ1v) is 16.9. The molecule has 2 saturated heterocycles. The Balaban J connectivity index is 1.32. The second-order valence-corrected chi connectivity index (χ2v) is 14.8. The lowest BCUT2D eigenvalue weighted by Crippen LogP contribution is -2.69. The molecule has 9 unspecified atom stereocenters. The minimum Gasteiger partial charge on any atom is -0.387 e. The van der Waals surface area contributed by atoms with E-state index in [0.29, 0.717) is 13.2 Å². The number of nitrogens with two attached hydrogens (primary N) is 1. The monoisotopic (exact) mass is 644 g/mol. The quantitative estimate of drug-likeness (QED) is 0.183. The van der Waals surface area contributed by atoms with E-state index < -0.39 is 24.5 Å². The molecular formula is C34H60N8O4+2. The summed E-state index contributed by atoms with van der Waals surface area (Å²) in [7, 11) is 6.20. The van der Waals surface area contributed by atoms with Gasteiger partial charge in [-0.2, -0.15) is 4.90 Å². The number of anilines is 1. The summed E-state index contributed by atoms with van der Waals surface area (Å²) in [4.78, 5) is 18.8. The van der Waals surface area contributed by atoms with Crippen LogP contribution in [0, 0.1) is 0 Å². The van der Waals surface area contributed by atoms with E-state index in [1.165, 1.54) is 5.56 Å². The molecule has 2 amide bonds. The zero-order chi connectivity index (χ0) is 34.0. The van der Waals surface area contributed by atoms with Gasteiger partial charge in [0, 0.05) is 25.3 Å². The molecule has 0 aliphatic carbocycles. The molecule has 1 aromatic carbocycles. The Labute approximate surface area is 276 Å². The topological polar surface area (TPSA) is 130 Å². The number of amides is 2. The fourth-order valence-corrected chi connectivity index (χ4v) is 7.19. The number of urea groups is 1. The van der Waals surface area contributed by atoms with Gasteiger partial charge in [-0.15, -0.1) is 0 Å². The molecule has 0 radical (unpaired) electrons. The smallest absolute Gasteiger partial charge is 0.319 e. The largest absolute Gasteiger partial charge is 0.387 e. The van der Waals surface area contributed by atoms with Gasteiger partial charge in [0.25, 0.3) is 0 Å². The molecule has 258 valence electrons. The van der Waals surface area contributed by atoms with Gasteiger partial charge >= 0.3 is 6.03 Å². The molecule has 9 atom stereocenters. The molecule has 0 spiro atoms. The maximum Gasteiger partial charge on any atom is 0.319 e. The van der Waals surface area contributed by atoms with E-state index in [1.54, 1.807) is 0 Å². The van der Waals surface area contributed by atoms with E-state index in [4.69, 9.17) is 10.5 Å². The van der Waals surface area contributed by atoms with Crippen LogP contribution in [0.3, 0.4) is 0 Å². The number of quaternary nitrogens is 1. The van der Waals surface area contributed by atoms with E-state index >= 15 is 0 Å². The van der Waals surface area contributed by atoms with Crippen molar-refractivity contribution in [3.8, 4) is 0 Å². The minimum atomic E-state index is -1.06. The summed E-state index contributed by atoms with van der Waals surface area (Å²) in [5.41, 5.74) is 8.80. The van der Waals surface area contributed by atoms with Crippen molar-refractivity contribution >= 4 is 18.1 Å². The molecule has 0 bridgehead atoms. The maximum atomic E-state index is 12.6. The molecule has 12 nitrogen and oxygen atoms in total. The second-order valence-electron chi connectivity index (χ2n) is 14.8. The van der Waals surface area contributed by atoms with Crippen molar-refractivity contribution in [1.29, 1.82) is 0 Å². The summed E-state index contributed by atoms with van der Waals surface area (Å²) >= 11 is 0. The third-order valence-electron chi connectivity index (χ3n) is 9.87. The van der Waals surface area contributed by atoms with E-state index in [2.05, 4.69) is 73.0 Å². The zero-order valence-corrected chi connectivity index (χ0v) is 29.4. The summed E-state index contributed by atoms with van der Waals surface area (Å²) in [6.07, 6.45) is 3.83. The number of aliphatic hydroxyl groups is 2. The highest BCUT2D eigenvalue weighted by Gasteiger charge is 2.64. The lowest BCUT2D eigenvalue weighted by Gasteiger charge is -2.41. The van der Waals surface area contributed by atoms with Crippen molar-refractivity contribution in [3.63, 3.8) is 0 Å². The number of fused-ring (bicyclic) bond motifs is 1. The number of hydrogen-bond acceptors (Lipinski definition) is 8. The van der Waals surface area contributed by atoms with Crippen LogP contribution in [0.1, 0.15) is 59.9 Å².